The first-order valence-electron chi connectivity index (χ1n) is 4.91. The molecule has 16 heavy (non-hydrogen) atoms. The second-order valence-electron chi connectivity index (χ2n) is 3.55. The molecule has 0 aromatic carbocycles. The van der Waals surface area contributed by atoms with Crippen molar-refractivity contribution in [3.8, 4) is 0 Å². The van der Waals surface area contributed by atoms with Crippen LogP contribution >= 0.6 is 11.6 Å². The highest BCUT2D eigenvalue weighted by molar-refractivity contribution is 6.33. The fraction of sp³-hybridized carbons (Fsp3) is 0.333. The van der Waals surface area contributed by atoms with Crippen molar-refractivity contribution in [2.45, 2.75) is 12.8 Å². The number of nitrogens with zero attached hydrogens (tertiary/aromatic N) is 5. The Bertz CT molecular complexity index is 566. The minimum absolute atomic E-state index is 0.0778. The predicted molar refractivity (Wildman–Crippen MR) is 57.7 cm³/mol. The Kier molecular flexibility index (Phi) is 2.03. The molecule has 0 atom stereocenters. The molecule has 3 rings (SSSR count). The summed E-state index contributed by atoms with van der Waals surface area (Å²) < 4.78 is 1.64. The number of hydrogen-bond acceptors (Lipinski definition) is 4. The van der Waals surface area contributed by atoms with Crippen LogP contribution in [0.3, 0.4) is 0 Å². The van der Waals surface area contributed by atoms with E-state index >= 15 is 0 Å². The van der Waals surface area contributed by atoms with Crippen LogP contribution in [-0.4, -0.2) is 32.1 Å². The third-order valence-electron chi connectivity index (χ3n) is 2.58. The summed E-state index contributed by atoms with van der Waals surface area (Å²) in [5.41, 5.74) is 1.08. The van der Waals surface area contributed by atoms with Gasteiger partial charge in [0.1, 0.15) is 18.2 Å². The van der Waals surface area contributed by atoms with Crippen LogP contribution < -0.4 is 5.01 Å². The van der Waals surface area contributed by atoms with Crippen molar-refractivity contribution in [2.75, 3.05) is 11.6 Å². The van der Waals surface area contributed by atoms with Gasteiger partial charge in [-0.1, -0.05) is 11.6 Å². The van der Waals surface area contributed by atoms with Crippen LogP contribution in [0.1, 0.15) is 12.8 Å². The number of halogens is 1. The Labute approximate surface area is 95.8 Å². The van der Waals surface area contributed by atoms with Gasteiger partial charge in [-0.05, 0) is 6.42 Å². The van der Waals surface area contributed by atoms with E-state index in [9.17, 15) is 4.79 Å². The van der Waals surface area contributed by atoms with Crippen molar-refractivity contribution in [1.82, 2.24) is 19.6 Å². The Morgan fingerprint density at radius 1 is 1.31 bits per heavy atom. The van der Waals surface area contributed by atoms with E-state index in [1.165, 1.54) is 6.33 Å². The monoisotopic (exact) mass is 237 g/mol. The Balaban J connectivity index is 2.17. The molecule has 3 heterocycles. The van der Waals surface area contributed by atoms with Crippen LogP contribution in [0, 0.1) is 0 Å². The maximum atomic E-state index is 11.6. The summed E-state index contributed by atoms with van der Waals surface area (Å²) >= 11 is 5.88. The smallest absolute Gasteiger partial charge is 0.241 e. The zero-order chi connectivity index (χ0) is 11.1. The number of fused-ring (bicyclic) bond motifs is 1. The van der Waals surface area contributed by atoms with Crippen LogP contribution in [0.4, 0.5) is 0 Å². The molecule has 1 saturated heterocycles. The fourth-order valence-corrected chi connectivity index (χ4v) is 2.01. The van der Waals surface area contributed by atoms with Gasteiger partial charge in [-0.25, -0.2) is 24.6 Å². The lowest BCUT2D eigenvalue weighted by Crippen LogP contribution is -2.34. The first kappa shape index (κ1) is 9.53. The van der Waals surface area contributed by atoms with E-state index in [0.717, 1.165) is 6.42 Å². The quantitative estimate of drug-likeness (QED) is 0.687. The standard InChI is InChI=1S/C9H8ClN5O/c10-8-7-9(12-4-11-8)15(5-13-7)14-3-1-2-6(14)16/h4-5H,1-3H2. The van der Waals surface area contributed by atoms with Crippen molar-refractivity contribution < 1.29 is 4.79 Å². The molecule has 1 amide bonds. The third kappa shape index (κ3) is 1.26. The largest absolute Gasteiger partial charge is 0.273 e. The molecule has 0 saturated carbocycles. The van der Waals surface area contributed by atoms with Crippen molar-refractivity contribution in [2.24, 2.45) is 0 Å². The predicted octanol–water partition coefficient (Wildman–Crippen LogP) is 0.738. The molecule has 1 fully saturated rings. The van der Waals surface area contributed by atoms with E-state index in [1.807, 2.05) is 0 Å². The van der Waals surface area contributed by atoms with E-state index in [2.05, 4.69) is 15.0 Å². The van der Waals surface area contributed by atoms with Crippen LogP contribution in [0.5, 0.6) is 0 Å². The highest BCUT2D eigenvalue weighted by atomic mass is 35.5. The van der Waals surface area contributed by atoms with Crippen LogP contribution in [0.2, 0.25) is 5.15 Å². The summed E-state index contributed by atoms with van der Waals surface area (Å²) in [6.45, 7) is 0.686. The molecule has 0 radical (unpaired) electrons. The van der Waals surface area contributed by atoms with Crippen LogP contribution in [0.25, 0.3) is 11.2 Å². The fourth-order valence-electron chi connectivity index (χ4n) is 1.83. The summed E-state index contributed by atoms with van der Waals surface area (Å²) in [6, 6.07) is 0. The summed E-state index contributed by atoms with van der Waals surface area (Å²) in [4.78, 5) is 23.6. The number of amides is 1. The minimum Gasteiger partial charge on any atom is -0.273 e. The molecule has 82 valence electrons. The highest BCUT2D eigenvalue weighted by Gasteiger charge is 2.24. The van der Waals surface area contributed by atoms with Crippen LogP contribution in [0.15, 0.2) is 12.7 Å². The first-order chi connectivity index (χ1) is 7.77. The molecule has 2 aromatic rings. The first-order valence-corrected chi connectivity index (χ1v) is 5.29. The number of rotatable bonds is 1. The van der Waals surface area contributed by atoms with Crippen molar-refractivity contribution in [3.05, 3.63) is 17.8 Å². The van der Waals surface area contributed by atoms with Gasteiger partial charge in [0.25, 0.3) is 0 Å². The highest BCUT2D eigenvalue weighted by Crippen LogP contribution is 2.19. The SMILES string of the molecule is O=C1CCCN1n1cnc2c(Cl)ncnc21. The van der Waals surface area contributed by atoms with Gasteiger partial charge < -0.3 is 0 Å². The number of hydrogen-bond donors (Lipinski definition) is 0. The summed E-state index contributed by atoms with van der Waals surface area (Å²) in [5, 5.41) is 1.92. The van der Waals surface area contributed by atoms with E-state index < -0.39 is 0 Å². The van der Waals surface area contributed by atoms with Crippen molar-refractivity contribution in [1.29, 1.82) is 0 Å². The average molecular weight is 238 g/mol. The maximum absolute atomic E-state index is 11.6. The van der Waals surface area contributed by atoms with Gasteiger partial charge in [0.15, 0.2) is 10.8 Å². The molecule has 7 heteroatoms. The number of imidazole rings is 1. The maximum Gasteiger partial charge on any atom is 0.241 e. The Hall–Kier alpha value is -1.69. The molecule has 0 aliphatic carbocycles. The van der Waals surface area contributed by atoms with Crippen molar-refractivity contribution in [3.63, 3.8) is 0 Å². The summed E-state index contributed by atoms with van der Waals surface area (Å²) in [7, 11) is 0. The number of aromatic nitrogens is 4. The molecule has 0 bridgehead atoms. The van der Waals surface area contributed by atoms with E-state index in [0.29, 0.717) is 29.3 Å². The van der Waals surface area contributed by atoms with Crippen LogP contribution in [-0.2, 0) is 4.79 Å². The number of carbonyl (C=O) groups excluding carboxylic acids is 1. The molecular formula is C9H8ClN5O. The van der Waals surface area contributed by atoms with Gasteiger partial charge in [0, 0.05) is 13.0 Å². The van der Waals surface area contributed by atoms with Gasteiger partial charge in [0.2, 0.25) is 5.91 Å². The topological polar surface area (TPSA) is 63.9 Å². The second-order valence-corrected chi connectivity index (χ2v) is 3.90. The summed E-state index contributed by atoms with van der Waals surface area (Å²) in [6.07, 6.45) is 4.34. The zero-order valence-electron chi connectivity index (χ0n) is 8.30. The average Bonchev–Trinajstić information content (AvgIpc) is 2.84. The van der Waals surface area contributed by atoms with E-state index in [-0.39, 0.29) is 5.91 Å². The normalized spacial score (nSPS) is 16.3. The van der Waals surface area contributed by atoms with Gasteiger partial charge >= 0.3 is 0 Å². The van der Waals surface area contributed by atoms with Gasteiger partial charge in [0.05, 0.1) is 0 Å². The lowest BCUT2D eigenvalue weighted by Gasteiger charge is -2.16. The lowest BCUT2D eigenvalue weighted by atomic mass is 10.4. The number of carbonyl (C=O) groups is 1. The van der Waals surface area contributed by atoms with E-state index in [1.54, 1.807) is 16.0 Å². The molecule has 0 spiro atoms. The second kappa shape index (κ2) is 3.41. The molecular weight excluding hydrogens is 230 g/mol. The Morgan fingerprint density at radius 3 is 2.94 bits per heavy atom. The molecule has 0 unspecified atom stereocenters. The van der Waals surface area contributed by atoms with Crippen molar-refractivity contribution >= 4 is 28.7 Å². The Morgan fingerprint density at radius 2 is 2.19 bits per heavy atom. The van der Waals surface area contributed by atoms with Gasteiger partial charge in [-0.15, -0.1) is 0 Å². The molecule has 6 nitrogen and oxygen atoms in total. The van der Waals surface area contributed by atoms with E-state index in [4.69, 9.17) is 11.6 Å². The lowest BCUT2D eigenvalue weighted by molar-refractivity contribution is -0.118. The molecule has 1 aliphatic rings. The van der Waals surface area contributed by atoms with Gasteiger partial charge in [-0.3, -0.25) is 4.79 Å². The molecule has 0 N–H and O–H groups in total. The molecule has 2 aromatic heterocycles. The molecule has 1 aliphatic heterocycles. The third-order valence-corrected chi connectivity index (χ3v) is 2.86. The summed E-state index contributed by atoms with van der Waals surface area (Å²) in [5.74, 6) is 0.0778. The zero-order valence-corrected chi connectivity index (χ0v) is 9.05. The van der Waals surface area contributed by atoms with Gasteiger partial charge in [-0.2, -0.15) is 0 Å². The minimum atomic E-state index is 0.0778.